The van der Waals surface area contributed by atoms with Crippen molar-refractivity contribution in [3.05, 3.63) is 46.7 Å². The van der Waals surface area contributed by atoms with Gasteiger partial charge in [0.25, 0.3) is 5.91 Å². The fourth-order valence-electron chi connectivity index (χ4n) is 1.79. The van der Waals surface area contributed by atoms with Crippen LogP contribution in [-0.4, -0.2) is 28.8 Å². The number of carbonyl (C=O) groups excluding carboxylic acids is 1. The number of carbonyl (C=O) groups is 1. The third kappa shape index (κ3) is 5.10. The number of hydrogen-bond acceptors (Lipinski definition) is 3. The van der Waals surface area contributed by atoms with Crippen LogP contribution in [0.25, 0.3) is 0 Å². The molecule has 2 aromatic rings. The van der Waals surface area contributed by atoms with Crippen molar-refractivity contribution in [1.82, 2.24) is 15.1 Å². The van der Waals surface area contributed by atoms with E-state index in [-0.39, 0.29) is 11.7 Å². The van der Waals surface area contributed by atoms with Crippen molar-refractivity contribution in [3.8, 4) is 5.75 Å². The molecule has 0 fully saturated rings. The van der Waals surface area contributed by atoms with Gasteiger partial charge >= 0.3 is 6.61 Å². The molecule has 0 saturated carbocycles. The monoisotopic (exact) mass is 373 g/mol. The van der Waals surface area contributed by atoms with Crippen molar-refractivity contribution < 1.29 is 18.3 Å². The van der Waals surface area contributed by atoms with Crippen LogP contribution in [0.1, 0.15) is 16.8 Å². The maximum atomic E-state index is 12.0. The van der Waals surface area contributed by atoms with Crippen LogP contribution in [-0.2, 0) is 6.54 Å². The lowest BCUT2D eigenvalue weighted by Crippen LogP contribution is -2.25. The number of halogens is 3. The molecule has 1 aromatic carbocycles. The Bertz CT molecular complexity index is 617. The van der Waals surface area contributed by atoms with Crippen molar-refractivity contribution in [2.24, 2.45) is 0 Å². The molecule has 0 aliphatic rings. The van der Waals surface area contributed by atoms with Crippen LogP contribution in [0.3, 0.4) is 0 Å². The molecular formula is C14H14BrF2N3O2. The second-order valence-corrected chi connectivity index (χ2v) is 5.35. The minimum atomic E-state index is -2.87. The number of nitrogens with one attached hydrogen (secondary N) is 1. The third-order valence-corrected chi connectivity index (χ3v) is 3.20. The first-order valence-electron chi connectivity index (χ1n) is 6.55. The van der Waals surface area contributed by atoms with Gasteiger partial charge in [-0.2, -0.15) is 13.9 Å². The lowest BCUT2D eigenvalue weighted by molar-refractivity contribution is -0.0498. The number of ether oxygens (including phenoxy) is 1. The molecule has 1 aromatic heterocycles. The van der Waals surface area contributed by atoms with Crippen molar-refractivity contribution in [2.75, 3.05) is 6.54 Å². The van der Waals surface area contributed by atoms with Gasteiger partial charge in [-0.05, 0) is 46.6 Å². The topological polar surface area (TPSA) is 56.2 Å². The van der Waals surface area contributed by atoms with Gasteiger partial charge in [-0.1, -0.05) is 0 Å². The van der Waals surface area contributed by atoms with E-state index >= 15 is 0 Å². The zero-order chi connectivity index (χ0) is 15.9. The second kappa shape index (κ2) is 7.88. The molecular weight excluding hydrogens is 360 g/mol. The van der Waals surface area contributed by atoms with Crippen LogP contribution < -0.4 is 10.1 Å². The second-order valence-electron chi connectivity index (χ2n) is 4.43. The number of nitrogens with zero attached hydrogens (tertiary/aromatic N) is 2. The summed E-state index contributed by atoms with van der Waals surface area (Å²) in [6.45, 7) is -1.69. The molecule has 0 aliphatic heterocycles. The summed E-state index contributed by atoms with van der Waals surface area (Å²) in [5, 5.41) is 6.86. The number of amides is 1. The Labute approximate surface area is 134 Å². The van der Waals surface area contributed by atoms with Crippen LogP contribution in [0.5, 0.6) is 5.75 Å². The van der Waals surface area contributed by atoms with E-state index in [0.717, 1.165) is 10.9 Å². The lowest BCUT2D eigenvalue weighted by Gasteiger charge is -2.07. The van der Waals surface area contributed by atoms with E-state index in [1.807, 2.05) is 6.20 Å². The molecule has 0 bridgehead atoms. The molecule has 0 atom stereocenters. The zero-order valence-electron chi connectivity index (χ0n) is 11.5. The summed E-state index contributed by atoms with van der Waals surface area (Å²) in [4.78, 5) is 11.9. The molecule has 1 N–H and O–H groups in total. The number of aromatic nitrogens is 2. The molecule has 0 radical (unpaired) electrons. The minimum Gasteiger partial charge on any atom is -0.435 e. The van der Waals surface area contributed by atoms with E-state index in [1.165, 1.54) is 24.3 Å². The molecule has 8 heteroatoms. The first-order chi connectivity index (χ1) is 10.5. The largest absolute Gasteiger partial charge is 0.435 e. The molecule has 0 saturated heterocycles. The van der Waals surface area contributed by atoms with E-state index in [2.05, 4.69) is 31.1 Å². The fraction of sp³-hybridized carbons (Fsp3) is 0.286. The molecule has 0 aliphatic carbocycles. The minimum absolute atomic E-state index is 0.0239. The molecule has 2 rings (SSSR count). The molecule has 118 valence electrons. The van der Waals surface area contributed by atoms with E-state index in [0.29, 0.717) is 18.7 Å². The highest BCUT2D eigenvalue weighted by Crippen LogP contribution is 2.14. The molecule has 5 nitrogen and oxygen atoms in total. The van der Waals surface area contributed by atoms with Crippen LogP contribution in [0.4, 0.5) is 8.78 Å². The molecule has 1 amide bonds. The van der Waals surface area contributed by atoms with Crippen molar-refractivity contribution in [2.45, 2.75) is 19.6 Å². The van der Waals surface area contributed by atoms with Crippen molar-refractivity contribution in [3.63, 3.8) is 0 Å². The SMILES string of the molecule is O=C(NCCCn1cc(Br)cn1)c1ccc(OC(F)F)cc1. The maximum Gasteiger partial charge on any atom is 0.387 e. The van der Waals surface area contributed by atoms with Gasteiger partial charge in [0.05, 0.1) is 10.7 Å². The molecule has 1 heterocycles. The van der Waals surface area contributed by atoms with E-state index in [1.54, 1.807) is 10.9 Å². The first-order valence-corrected chi connectivity index (χ1v) is 7.35. The summed E-state index contributed by atoms with van der Waals surface area (Å²) in [7, 11) is 0. The number of hydrogen-bond donors (Lipinski definition) is 1. The van der Waals surface area contributed by atoms with Gasteiger partial charge in [-0.25, -0.2) is 0 Å². The van der Waals surface area contributed by atoms with Crippen LogP contribution in [0.15, 0.2) is 41.1 Å². The van der Waals surface area contributed by atoms with Gasteiger partial charge in [-0.15, -0.1) is 0 Å². The fourth-order valence-corrected chi connectivity index (χ4v) is 2.12. The summed E-state index contributed by atoms with van der Waals surface area (Å²) in [6, 6.07) is 5.56. The number of benzene rings is 1. The number of aryl methyl sites for hydroxylation is 1. The van der Waals surface area contributed by atoms with E-state index < -0.39 is 6.61 Å². The summed E-state index contributed by atoms with van der Waals surface area (Å²) in [6.07, 6.45) is 4.28. The Balaban J connectivity index is 1.74. The zero-order valence-corrected chi connectivity index (χ0v) is 13.1. The van der Waals surface area contributed by atoms with Gasteiger partial charge in [0.2, 0.25) is 0 Å². The maximum absolute atomic E-state index is 12.0. The van der Waals surface area contributed by atoms with E-state index in [4.69, 9.17) is 0 Å². The Morgan fingerprint density at radius 1 is 1.36 bits per heavy atom. The Morgan fingerprint density at radius 3 is 2.68 bits per heavy atom. The van der Waals surface area contributed by atoms with Crippen LogP contribution in [0, 0.1) is 0 Å². The highest BCUT2D eigenvalue weighted by atomic mass is 79.9. The highest BCUT2D eigenvalue weighted by molar-refractivity contribution is 9.10. The van der Waals surface area contributed by atoms with Crippen molar-refractivity contribution in [1.29, 1.82) is 0 Å². The van der Waals surface area contributed by atoms with Gasteiger partial charge in [0, 0.05) is 24.8 Å². The van der Waals surface area contributed by atoms with Gasteiger partial charge in [0.15, 0.2) is 0 Å². The highest BCUT2D eigenvalue weighted by Gasteiger charge is 2.07. The predicted octanol–water partition coefficient (Wildman–Crippen LogP) is 3.07. The average Bonchev–Trinajstić information content (AvgIpc) is 2.89. The summed E-state index contributed by atoms with van der Waals surface area (Å²) in [5.74, 6) is -0.235. The van der Waals surface area contributed by atoms with Gasteiger partial charge < -0.3 is 10.1 Å². The molecule has 0 spiro atoms. The Kier molecular flexibility index (Phi) is 5.88. The summed E-state index contributed by atoms with van der Waals surface area (Å²) < 4.78 is 30.9. The van der Waals surface area contributed by atoms with Crippen LogP contribution in [0.2, 0.25) is 0 Å². The lowest BCUT2D eigenvalue weighted by atomic mass is 10.2. The summed E-state index contributed by atoms with van der Waals surface area (Å²) in [5.41, 5.74) is 0.392. The first kappa shape index (κ1) is 16.4. The van der Waals surface area contributed by atoms with Crippen molar-refractivity contribution >= 4 is 21.8 Å². The average molecular weight is 374 g/mol. The molecule has 0 unspecified atom stereocenters. The predicted molar refractivity (Wildman–Crippen MR) is 80.0 cm³/mol. The van der Waals surface area contributed by atoms with Gasteiger partial charge in [0.1, 0.15) is 5.75 Å². The van der Waals surface area contributed by atoms with Crippen LogP contribution >= 0.6 is 15.9 Å². The Hall–Kier alpha value is -1.96. The Morgan fingerprint density at radius 2 is 2.09 bits per heavy atom. The normalized spacial score (nSPS) is 10.7. The standard InChI is InChI=1S/C14H14BrF2N3O2/c15-11-8-19-20(9-11)7-1-6-18-13(21)10-2-4-12(5-3-10)22-14(16)17/h2-5,8-9,14H,1,6-7H2,(H,18,21). The summed E-state index contributed by atoms with van der Waals surface area (Å²) >= 11 is 3.31. The smallest absolute Gasteiger partial charge is 0.387 e. The number of alkyl halides is 2. The van der Waals surface area contributed by atoms with Gasteiger partial charge in [-0.3, -0.25) is 9.48 Å². The number of rotatable bonds is 7. The quantitative estimate of drug-likeness (QED) is 0.758. The molecule has 22 heavy (non-hydrogen) atoms. The third-order valence-electron chi connectivity index (χ3n) is 2.79. The van der Waals surface area contributed by atoms with E-state index in [9.17, 15) is 13.6 Å².